The summed E-state index contributed by atoms with van der Waals surface area (Å²) in [7, 11) is 3.93. The number of nitrogens with zero attached hydrogens (tertiary/aromatic N) is 1. The first-order valence-corrected chi connectivity index (χ1v) is 7.25. The summed E-state index contributed by atoms with van der Waals surface area (Å²) in [5.41, 5.74) is 1.36. The quantitative estimate of drug-likeness (QED) is 0.778. The van der Waals surface area contributed by atoms with Crippen molar-refractivity contribution in [2.75, 3.05) is 27.2 Å². The molecule has 19 heavy (non-hydrogen) atoms. The van der Waals surface area contributed by atoms with Gasteiger partial charge < -0.3 is 15.0 Å². The van der Waals surface area contributed by atoms with Crippen LogP contribution in [0.25, 0.3) is 0 Å². The smallest absolute Gasteiger partial charge is 0.118 e. The normalized spacial score (nSPS) is 16.6. The topological polar surface area (TPSA) is 24.5 Å². The van der Waals surface area contributed by atoms with Crippen LogP contribution in [0.5, 0.6) is 5.75 Å². The summed E-state index contributed by atoms with van der Waals surface area (Å²) in [6.45, 7) is 4.48. The Labute approximate surface area is 116 Å². The number of hydrogen-bond acceptors (Lipinski definition) is 3. The molecule has 3 nitrogen and oxygen atoms in total. The van der Waals surface area contributed by atoms with Gasteiger partial charge in [0.05, 0.1) is 7.11 Å². The van der Waals surface area contributed by atoms with Crippen LogP contribution in [-0.4, -0.2) is 44.2 Å². The van der Waals surface area contributed by atoms with E-state index in [1.807, 2.05) is 12.1 Å². The van der Waals surface area contributed by atoms with Gasteiger partial charge in [-0.05, 0) is 50.9 Å². The van der Waals surface area contributed by atoms with Crippen LogP contribution in [-0.2, 0) is 6.42 Å². The molecule has 1 saturated carbocycles. The average molecular weight is 262 g/mol. The lowest BCUT2D eigenvalue weighted by molar-refractivity contribution is 0.315. The number of likely N-dealkylation sites (N-methyl/N-ethyl adjacent to an activating group) is 1. The van der Waals surface area contributed by atoms with Gasteiger partial charge in [0.15, 0.2) is 0 Å². The van der Waals surface area contributed by atoms with E-state index in [9.17, 15) is 0 Å². The molecular formula is C16H26N2O. The Balaban J connectivity index is 1.66. The van der Waals surface area contributed by atoms with Crippen LogP contribution < -0.4 is 10.1 Å². The van der Waals surface area contributed by atoms with Crippen LogP contribution in [0, 0.1) is 0 Å². The van der Waals surface area contributed by atoms with Crippen LogP contribution in [0.2, 0.25) is 0 Å². The van der Waals surface area contributed by atoms with Gasteiger partial charge in [0.2, 0.25) is 0 Å². The Morgan fingerprint density at radius 1 is 1.32 bits per heavy atom. The van der Waals surface area contributed by atoms with Crippen LogP contribution in [0.3, 0.4) is 0 Å². The van der Waals surface area contributed by atoms with E-state index in [1.54, 1.807) is 7.11 Å². The number of hydrogen-bond donors (Lipinski definition) is 1. The summed E-state index contributed by atoms with van der Waals surface area (Å²) in [4.78, 5) is 2.47. The highest BCUT2D eigenvalue weighted by molar-refractivity contribution is 5.27. The van der Waals surface area contributed by atoms with Gasteiger partial charge in [-0.15, -0.1) is 0 Å². The van der Waals surface area contributed by atoms with Crippen LogP contribution in [0.4, 0.5) is 0 Å². The van der Waals surface area contributed by atoms with Gasteiger partial charge in [-0.3, -0.25) is 0 Å². The molecule has 106 valence electrons. The minimum Gasteiger partial charge on any atom is -0.497 e. The van der Waals surface area contributed by atoms with Crippen molar-refractivity contribution in [3.63, 3.8) is 0 Å². The lowest BCUT2D eigenvalue weighted by Crippen LogP contribution is -2.36. The fraction of sp³-hybridized carbons (Fsp3) is 0.625. The third kappa shape index (κ3) is 4.84. The van der Waals surface area contributed by atoms with Crippen molar-refractivity contribution in [3.05, 3.63) is 29.8 Å². The van der Waals surface area contributed by atoms with Crippen LogP contribution in [0.1, 0.15) is 25.3 Å². The molecule has 0 amide bonds. The largest absolute Gasteiger partial charge is 0.497 e. The van der Waals surface area contributed by atoms with E-state index < -0.39 is 0 Å². The van der Waals surface area contributed by atoms with Crippen molar-refractivity contribution in [3.8, 4) is 5.75 Å². The fourth-order valence-electron chi connectivity index (χ4n) is 2.37. The zero-order valence-electron chi connectivity index (χ0n) is 12.4. The third-order valence-corrected chi connectivity index (χ3v) is 3.83. The maximum absolute atomic E-state index is 5.17. The Bertz CT molecular complexity index is 373. The molecule has 1 atom stereocenters. The number of rotatable bonds is 8. The lowest BCUT2D eigenvalue weighted by Gasteiger charge is -2.19. The highest BCUT2D eigenvalue weighted by Gasteiger charge is 2.25. The molecule has 0 aliphatic heterocycles. The molecule has 0 bridgehead atoms. The van der Waals surface area contributed by atoms with Gasteiger partial charge in [0.25, 0.3) is 0 Å². The summed E-state index contributed by atoms with van der Waals surface area (Å²) < 4.78 is 5.17. The molecule has 0 radical (unpaired) electrons. The van der Waals surface area contributed by atoms with Crippen molar-refractivity contribution >= 4 is 0 Å². The van der Waals surface area contributed by atoms with Crippen molar-refractivity contribution in [1.29, 1.82) is 0 Å². The fourth-order valence-corrected chi connectivity index (χ4v) is 2.37. The maximum Gasteiger partial charge on any atom is 0.118 e. The van der Waals surface area contributed by atoms with Gasteiger partial charge in [-0.25, -0.2) is 0 Å². The minimum atomic E-state index is 0.515. The second kappa shape index (κ2) is 6.92. The summed E-state index contributed by atoms with van der Waals surface area (Å²) in [6, 6.07) is 9.73. The highest BCUT2D eigenvalue weighted by atomic mass is 16.5. The molecule has 1 aromatic rings. The molecule has 0 heterocycles. The molecule has 1 unspecified atom stereocenters. The predicted octanol–water partition coefficient (Wildman–Crippen LogP) is 2.31. The molecule has 0 spiro atoms. The number of ether oxygens (including phenoxy) is 1. The van der Waals surface area contributed by atoms with E-state index in [1.165, 1.54) is 18.4 Å². The van der Waals surface area contributed by atoms with Crippen molar-refractivity contribution < 1.29 is 4.74 Å². The van der Waals surface area contributed by atoms with E-state index in [0.717, 1.165) is 31.3 Å². The maximum atomic E-state index is 5.17. The number of nitrogens with one attached hydrogen (secondary N) is 1. The van der Waals surface area contributed by atoms with Crippen molar-refractivity contribution in [2.24, 2.45) is 0 Å². The number of methoxy groups -OCH3 is 1. The van der Waals surface area contributed by atoms with Crippen LogP contribution in [0.15, 0.2) is 24.3 Å². The second-order valence-electron chi connectivity index (χ2n) is 5.62. The van der Waals surface area contributed by atoms with Crippen molar-refractivity contribution in [1.82, 2.24) is 10.2 Å². The Kier molecular flexibility index (Phi) is 5.23. The van der Waals surface area contributed by atoms with E-state index in [4.69, 9.17) is 4.74 Å². The van der Waals surface area contributed by atoms with E-state index >= 15 is 0 Å². The zero-order chi connectivity index (χ0) is 13.7. The first-order valence-electron chi connectivity index (χ1n) is 7.25. The molecule has 1 aliphatic carbocycles. The first-order chi connectivity index (χ1) is 9.19. The van der Waals surface area contributed by atoms with Crippen molar-refractivity contribution in [2.45, 2.75) is 38.3 Å². The molecule has 1 N–H and O–H groups in total. The van der Waals surface area contributed by atoms with E-state index in [-0.39, 0.29) is 0 Å². The van der Waals surface area contributed by atoms with Gasteiger partial charge in [-0.2, -0.15) is 0 Å². The Hall–Kier alpha value is -1.06. The average Bonchev–Trinajstić information content (AvgIpc) is 3.24. The van der Waals surface area contributed by atoms with Gasteiger partial charge in [0, 0.05) is 25.2 Å². The summed E-state index contributed by atoms with van der Waals surface area (Å²) in [6.07, 6.45) is 3.84. The third-order valence-electron chi connectivity index (χ3n) is 3.83. The van der Waals surface area contributed by atoms with E-state index in [2.05, 4.69) is 36.3 Å². The van der Waals surface area contributed by atoms with E-state index in [0.29, 0.717) is 6.04 Å². The lowest BCUT2D eigenvalue weighted by atomic mass is 10.1. The predicted molar refractivity (Wildman–Crippen MR) is 79.8 cm³/mol. The first kappa shape index (κ1) is 14.4. The highest BCUT2D eigenvalue weighted by Crippen LogP contribution is 2.24. The number of benzene rings is 1. The zero-order valence-corrected chi connectivity index (χ0v) is 12.4. The molecule has 0 saturated heterocycles. The van der Waals surface area contributed by atoms with Gasteiger partial charge in [-0.1, -0.05) is 12.1 Å². The molecular weight excluding hydrogens is 236 g/mol. The molecule has 1 aliphatic rings. The van der Waals surface area contributed by atoms with Crippen LogP contribution >= 0.6 is 0 Å². The molecule has 0 aromatic heterocycles. The van der Waals surface area contributed by atoms with Gasteiger partial charge >= 0.3 is 0 Å². The SMILES string of the molecule is COc1ccc(CC(C)NCCN(C)C2CC2)cc1. The minimum absolute atomic E-state index is 0.515. The molecule has 2 rings (SSSR count). The Morgan fingerprint density at radius 2 is 2.00 bits per heavy atom. The summed E-state index contributed by atoms with van der Waals surface area (Å²) in [5.74, 6) is 0.926. The molecule has 3 heteroatoms. The molecule has 1 fully saturated rings. The monoisotopic (exact) mass is 262 g/mol. The summed E-state index contributed by atoms with van der Waals surface area (Å²) >= 11 is 0. The van der Waals surface area contributed by atoms with Gasteiger partial charge in [0.1, 0.15) is 5.75 Å². The standard InChI is InChI=1S/C16H26N2O/c1-13(17-10-11-18(2)15-6-7-15)12-14-4-8-16(19-3)9-5-14/h4-5,8-9,13,15,17H,6-7,10-12H2,1-3H3. The second-order valence-corrected chi connectivity index (χ2v) is 5.62. The molecule has 1 aromatic carbocycles. The Morgan fingerprint density at radius 3 is 2.58 bits per heavy atom. The summed E-state index contributed by atoms with van der Waals surface area (Å²) in [5, 5.41) is 3.60.